The van der Waals surface area contributed by atoms with Gasteiger partial charge in [-0.2, -0.15) is 0 Å². The maximum absolute atomic E-state index is 12.5. The van der Waals surface area contributed by atoms with Crippen molar-refractivity contribution in [1.82, 2.24) is 5.32 Å². The average molecular weight is 243 g/mol. The van der Waals surface area contributed by atoms with E-state index in [1.54, 1.807) is 6.07 Å². The lowest BCUT2D eigenvalue weighted by molar-refractivity contribution is -0.137. The highest BCUT2D eigenvalue weighted by Gasteiger charge is 2.16. The van der Waals surface area contributed by atoms with Crippen LogP contribution in [0.1, 0.15) is 36.9 Å². The summed E-state index contributed by atoms with van der Waals surface area (Å²) in [4.78, 5) is 10.7. The maximum Gasteiger partial charge on any atom is 0.305 e. The predicted molar refractivity (Wildman–Crippen MR) is 60.1 cm³/mol. The van der Waals surface area contributed by atoms with Crippen LogP contribution in [-0.2, 0) is 4.79 Å². The maximum atomic E-state index is 12.5. The number of carbonyl (C=O) groups is 1. The number of alkyl halides is 2. The molecule has 17 heavy (non-hydrogen) atoms. The second-order valence-electron chi connectivity index (χ2n) is 3.68. The first-order valence-corrected chi connectivity index (χ1v) is 5.37. The van der Waals surface area contributed by atoms with Gasteiger partial charge in [-0.05, 0) is 18.2 Å². The highest BCUT2D eigenvalue weighted by molar-refractivity contribution is 5.68. The molecule has 2 N–H and O–H groups in total. The molecule has 0 fully saturated rings. The Morgan fingerprint density at radius 1 is 1.41 bits per heavy atom. The lowest BCUT2D eigenvalue weighted by Gasteiger charge is -2.17. The van der Waals surface area contributed by atoms with Crippen molar-refractivity contribution >= 4 is 5.97 Å². The predicted octanol–water partition coefficient (Wildman–Crippen LogP) is 2.75. The molecule has 1 atom stereocenters. The summed E-state index contributed by atoms with van der Waals surface area (Å²) >= 11 is 0. The first kappa shape index (κ1) is 13.6. The fourth-order valence-electron chi connectivity index (χ4n) is 1.64. The Balaban J connectivity index is 2.92. The smallest absolute Gasteiger partial charge is 0.305 e. The molecule has 0 aliphatic rings. The summed E-state index contributed by atoms with van der Waals surface area (Å²) < 4.78 is 25.0. The van der Waals surface area contributed by atoms with Crippen molar-refractivity contribution in [2.75, 3.05) is 6.54 Å². The Labute approximate surface area is 98.5 Å². The summed E-state index contributed by atoms with van der Waals surface area (Å²) in [6.45, 7) is 2.42. The Morgan fingerprint density at radius 3 is 2.59 bits per heavy atom. The van der Waals surface area contributed by atoms with Crippen LogP contribution in [0, 0.1) is 0 Å². The van der Waals surface area contributed by atoms with Crippen LogP contribution in [0.4, 0.5) is 8.78 Å². The van der Waals surface area contributed by atoms with E-state index in [-0.39, 0.29) is 12.0 Å². The molecule has 1 aromatic rings. The monoisotopic (exact) mass is 243 g/mol. The van der Waals surface area contributed by atoms with Crippen LogP contribution in [0.2, 0.25) is 0 Å². The van der Waals surface area contributed by atoms with E-state index in [0.717, 1.165) is 0 Å². The average Bonchev–Trinajstić information content (AvgIpc) is 2.28. The van der Waals surface area contributed by atoms with Gasteiger partial charge in [0.1, 0.15) is 0 Å². The summed E-state index contributed by atoms with van der Waals surface area (Å²) in [7, 11) is 0. The number of nitrogens with one attached hydrogen (secondary N) is 1. The minimum atomic E-state index is -2.54. The molecule has 0 amide bonds. The number of rotatable bonds is 6. The third kappa shape index (κ3) is 4.11. The van der Waals surface area contributed by atoms with Crippen LogP contribution in [0.5, 0.6) is 0 Å². The summed E-state index contributed by atoms with van der Waals surface area (Å²) in [5.41, 5.74) is 0.489. The van der Waals surface area contributed by atoms with Crippen molar-refractivity contribution in [2.24, 2.45) is 0 Å². The van der Waals surface area contributed by atoms with Gasteiger partial charge < -0.3 is 10.4 Å². The number of halogens is 2. The molecule has 1 rings (SSSR count). The molecule has 5 heteroatoms. The van der Waals surface area contributed by atoms with E-state index in [1.807, 2.05) is 6.92 Å². The van der Waals surface area contributed by atoms with Crippen LogP contribution >= 0.6 is 0 Å². The zero-order valence-corrected chi connectivity index (χ0v) is 9.49. The molecule has 0 saturated heterocycles. The van der Waals surface area contributed by atoms with Crippen molar-refractivity contribution in [3.05, 3.63) is 35.4 Å². The van der Waals surface area contributed by atoms with Crippen molar-refractivity contribution in [2.45, 2.75) is 25.8 Å². The molecule has 3 nitrogen and oxygen atoms in total. The molecule has 0 saturated carbocycles. The van der Waals surface area contributed by atoms with E-state index in [1.165, 1.54) is 18.2 Å². The minimum absolute atomic E-state index is 0.0872. The number of aliphatic carboxylic acids is 1. The number of hydrogen-bond acceptors (Lipinski definition) is 2. The van der Waals surface area contributed by atoms with Crippen LogP contribution in [-0.4, -0.2) is 17.6 Å². The molecule has 0 aliphatic carbocycles. The van der Waals surface area contributed by atoms with Gasteiger partial charge in [0.05, 0.1) is 6.42 Å². The van der Waals surface area contributed by atoms with Crippen molar-refractivity contribution in [3.8, 4) is 0 Å². The van der Waals surface area contributed by atoms with Gasteiger partial charge in [0.2, 0.25) is 0 Å². The highest BCUT2D eigenvalue weighted by atomic mass is 19.3. The van der Waals surface area contributed by atoms with Gasteiger partial charge in [0.25, 0.3) is 6.43 Å². The Kier molecular flexibility index (Phi) is 5.03. The molecule has 0 bridgehead atoms. The number of benzene rings is 1. The summed E-state index contributed by atoms with van der Waals surface area (Å²) in [6, 6.07) is 5.42. The highest BCUT2D eigenvalue weighted by Crippen LogP contribution is 2.24. The second-order valence-corrected chi connectivity index (χ2v) is 3.68. The second kappa shape index (κ2) is 6.30. The molecule has 0 spiro atoms. The Morgan fingerprint density at radius 2 is 2.06 bits per heavy atom. The minimum Gasteiger partial charge on any atom is -0.481 e. The molecular formula is C12H15F2NO2. The zero-order chi connectivity index (χ0) is 12.8. The van der Waals surface area contributed by atoms with E-state index >= 15 is 0 Å². The van der Waals surface area contributed by atoms with Crippen LogP contribution in [0.25, 0.3) is 0 Å². The Hall–Kier alpha value is -1.49. The van der Waals surface area contributed by atoms with E-state index in [0.29, 0.717) is 12.1 Å². The number of hydrogen-bond donors (Lipinski definition) is 2. The van der Waals surface area contributed by atoms with E-state index in [4.69, 9.17) is 5.11 Å². The largest absolute Gasteiger partial charge is 0.481 e. The lowest BCUT2D eigenvalue weighted by Crippen LogP contribution is -2.23. The summed E-state index contributed by atoms with van der Waals surface area (Å²) in [5.74, 6) is -0.960. The SMILES string of the molecule is CCNC(CC(=O)O)c1cccc(C(F)F)c1. The summed E-state index contributed by atoms with van der Waals surface area (Å²) in [5, 5.41) is 11.7. The molecule has 94 valence electrons. The first-order valence-electron chi connectivity index (χ1n) is 5.37. The number of carboxylic acid groups (broad SMARTS) is 1. The molecule has 0 aromatic heterocycles. The fraction of sp³-hybridized carbons (Fsp3) is 0.417. The van der Waals surface area contributed by atoms with E-state index in [2.05, 4.69) is 5.32 Å². The fourth-order valence-corrected chi connectivity index (χ4v) is 1.64. The van der Waals surface area contributed by atoms with Gasteiger partial charge in [-0.25, -0.2) is 8.78 Å². The third-order valence-corrected chi connectivity index (χ3v) is 2.39. The van der Waals surface area contributed by atoms with Gasteiger partial charge in [0.15, 0.2) is 0 Å². The van der Waals surface area contributed by atoms with Gasteiger partial charge in [-0.1, -0.05) is 25.1 Å². The van der Waals surface area contributed by atoms with Gasteiger partial charge in [0, 0.05) is 11.6 Å². The quantitative estimate of drug-likeness (QED) is 0.807. The van der Waals surface area contributed by atoms with Crippen molar-refractivity contribution < 1.29 is 18.7 Å². The third-order valence-electron chi connectivity index (χ3n) is 2.39. The summed E-state index contributed by atoms with van der Waals surface area (Å²) in [6.07, 6.45) is -2.66. The molecule has 0 aliphatic heterocycles. The topological polar surface area (TPSA) is 49.3 Å². The van der Waals surface area contributed by atoms with E-state index < -0.39 is 18.4 Å². The molecule has 1 aromatic carbocycles. The van der Waals surface area contributed by atoms with Gasteiger partial charge >= 0.3 is 5.97 Å². The van der Waals surface area contributed by atoms with Crippen molar-refractivity contribution in [3.63, 3.8) is 0 Å². The van der Waals surface area contributed by atoms with Gasteiger partial charge in [-0.15, -0.1) is 0 Å². The van der Waals surface area contributed by atoms with Crippen LogP contribution in [0.15, 0.2) is 24.3 Å². The lowest BCUT2D eigenvalue weighted by atomic mass is 10.0. The first-order chi connectivity index (χ1) is 8.04. The molecule has 0 heterocycles. The Bertz CT molecular complexity index is 383. The molecule has 0 radical (unpaired) electrons. The van der Waals surface area contributed by atoms with Crippen LogP contribution < -0.4 is 5.32 Å². The van der Waals surface area contributed by atoms with E-state index in [9.17, 15) is 13.6 Å². The normalized spacial score (nSPS) is 12.7. The van der Waals surface area contributed by atoms with Gasteiger partial charge in [-0.3, -0.25) is 4.79 Å². The zero-order valence-electron chi connectivity index (χ0n) is 9.49. The molecule has 1 unspecified atom stereocenters. The number of carboxylic acids is 1. The van der Waals surface area contributed by atoms with Crippen LogP contribution in [0.3, 0.4) is 0 Å². The standard InChI is InChI=1S/C12H15F2NO2/c1-2-15-10(7-11(16)17)8-4-3-5-9(6-8)12(13)14/h3-6,10,12,15H,2,7H2,1H3,(H,16,17). The molecular weight excluding hydrogens is 228 g/mol. The van der Waals surface area contributed by atoms with Crippen molar-refractivity contribution in [1.29, 1.82) is 0 Å².